The molecule has 19 heavy (non-hydrogen) atoms. The minimum absolute atomic E-state index is 0.352. The van der Waals surface area contributed by atoms with E-state index in [4.69, 9.17) is 4.74 Å². The minimum Gasteiger partial charge on any atom is -0.378 e. The largest absolute Gasteiger partial charge is 0.378 e. The SMILES string of the molecule is N#CC1(Cc2nc(-c3ccc(Br)cc3)cs2)COC1. The zero-order valence-electron chi connectivity index (χ0n) is 10.1. The summed E-state index contributed by atoms with van der Waals surface area (Å²) in [5.41, 5.74) is 1.72. The molecule has 1 saturated heterocycles. The Kier molecular flexibility index (Phi) is 3.40. The van der Waals surface area contributed by atoms with Gasteiger partial charge in [-0.1, -0.05) is 28.1 Å². The summed E-state index contributed by atoms with van der Waals surface area (Å²) in [5, 5.41) is 12.2. The average molecular weight is 335 g/mol. The maximum atomic E-state index is 9.19. The number of nitrogens with zero attached hydrogens (tertiary/aromatic N) is 2. The Labute approximate surface area is 124 Å². The summed E-state index contributed by atoms with van der Waals surface area (Å²) in [7, 11) is 0. The van der Waals surface area contributed by atoms with Crippen molar-refractivity contribution in [2.45, 2.75) is 6.42 Å². The van der Waals surface area contributed by atoms with Crippen LogP contribution in [0.3, 0.4) is 0 Å². The zero-order valence-corrected chi connectivity index (χ0v) is 12.5. The van der Waals surface area contributed by atoms with Gasteiger partial charge in [0.25, 0.3) is 0 Å². The molecule has 1 aromatic carbocycles. The van der Waals surface area contributed by atoms with Crippen molar-refractivity contribution < 1.29 is 4.74 Å². The molecule has 1 aliphatic heterocycles. The topological polar surface area (TPSA) is 45.9 Å². The van der Waals surface area contributed by atoms with Crippen molar-refractivity contribution in [3.8, 4) is 17.3 Å². The minimum atomic E-state index is -0.352. The van der Waals surface area contributed by atoms with Crippen molar-refractivity contribution in [3.05, 3.63) is 39.1 Å². The lowest BCUT2D eigenvalue weighted by Gasteiger charge is -2.34. The highest BCUT2D eigenvalue weighted by molar-refractivity contribution is 9.10. The Morgan fingerprint density at radius 2 is 2.11 bits per heavy atom. The molecule has 1 aromatic heterocycles. The molecule has 0 atom stereocenters. The Bertz CT molecular complexity index is 626. The maximum absolute atomic E-state index is 9.19. The van der Waals surface area contributed by atoms with Gasteiger partial charge in [0.05, 0.1) is 30.0 Å². The van der Waals surface area contributed by atoms with Gasteiger partial charge in [-0.25, -0.2) is 4.98 Å². The third-order valence-corrected chi connectivity index (χ3v) is 4.55. The van der Waals surface area contributed by atoms with Crippen LogP contribution in [0.2, 0.25) is 0 Å². The molecule has 1 fully saturated rings. The van der Waals surface area contributed by atoms with Gasteiger partial charge in [0.15, 0.2) is 0 Å². The van der Waals surface area contributed by atoms with Crippen molar-refractivity contribution >= 4 is 27.3 Å². The first-order valence-electron chi connectivity index (χ1n) is 5.90. The molecule has 0 N–H and O–H groups in total. The fraction of sp³-hybridized carbons (Fsp3) is 0.286. The van der Waals surface area contributed by atoms with E-state index in [0.29, 0.717) is 19.6 Å². The van der Waals surface area contributed by atoms with Crippen LogP contribution in [0.4, 0.5) is 0 Å². The van der Waals surface area contributed by atoms with E-state index in [1.807, 2.05) is 29.6 Å². The van der Waals surface area contributed by atoms with Crippen molar-refractivity contribution in [3.63, 3.8) is 0 Å². The van der Waals surface area contributed by atoms with Crippen LogP contribution in [0.1, 0.15) is 5.01 Å². The van der Waals surface area contributed by atoms with E-state index in [0.717, 1.165) is 20.7 Å². The zero-order chi connectivity index (χ0) is 13.3. The maximum Gasteiger partial charge on any atom is 0.110 e. The molecule has 0 amide bonds. The molecule has 0 aliphatic carbocycles. The van der Waals surface area contributed by atoms with Crippen LogP contribution in [-0.4, -0.2) is 18.2 Å². The smallest absolute Gasteiger partial charge is 0.110 e. The number of halogens is 1. The van der Waals surface area contributed by atoms with Gasteiger partial charge in [0.2, 0.25) is 0 Å². The molecule has 0 unspecified atom stereocenters. The predicted molar refractivity (Wildman–Crippen MR) is 77.8 cm³/mol. The van der Waals surface area contributed by atoms with Crippen LogP contribution in [0, 0.1) is 16.7 Å². The van der Waals surface area contributed by atoms with E-state index in [-0.39, 0.29) is 5.41 Å². The van der Waals surface area contributed by atoms with Crippen LogP contribution < -0.4 is 0 Å². The van der Waals surface area contributed by atoms with Crippen LogP contribution >= 0.6 is 27.3 Å². The normalized spacial score (nSPS) is 16.6. The second-order valence-electron chi connectivity index (χ2n) is 4.70. The standard InChI is InChI=1S/C14H11BrN2OS/c15-11-3-1-10(2-4-11)12-6-19-13(17-12)5-14(7-16)8-18-9-14/h1-4,6H,5,8-9H2. The van der Waals surface area contributed by atoms with Gasteiger partial charge in [0.1, 0.15) is 5.41 Å². The van der Waals surface area contributed by atoms with Crippen LogP contribution in [-0.2, 0) is 11.2 Å². The molecule has 0 bridgehead atoms. The first-order valence-corrected chi connectivity index (χ1v) is 7.57. The Balaban J connectivity index is 1.80. The molecule has 2 aromatic rings. The van der Waals surface area contributed by atoms with E-state index in [2.05, 4.69) is 27.0 Å². The highest BCUT2D eigenvalue weighted by Crippen LogP contribution is 2.33. The van der Waals surface area contributed by atoms with Crippen molar-refractivity contribution in [2.24, 2.45) is 5.41 Å². The number of ether oxygens (including phenoxy) is 1. The first kappa shape index (κ1) is 12.8. The second-order valence-corrected chi connectivity index (χ2v) is 6.55. The number of hydrogen-bond acceptors (Lipinski definition) is 4. The summed E-state index contributed by atoms with van der Waals surface area (Å²) < 4.78 is 6.21. The molecule has 5 heteroatoms. The summed E-state index contributed by atoms with van der Waals surface area (Å²) in [5.74, 6) is 0. The van der Waals surface area contributed by atoms with Crippen LogP contribution in [0.5, 0.6) is 0 Å². The molecular formula is C14H11BrN2OS. The van der Waals surface area contributed by atoms with Gasteiger partial charge >= 0.3 is 0 Å². The second kappa shape index (κ2) is 5.04. The third-order valence-electron chi connectivity index (χ3n) is 3.18. The molecule has 1 aliphatic rings. The highest BCUT2D eigenvalue weighted by atomic mass is 79.9. The van der Waals surface area contributed by atoms with Crippen LogP contribution in [0.25, 0.3) is 11.3 Å². The van der Waals surface area contributed by atoms with Gasteiger partial charge in [-0.3, -0.25) is 0 Å². The quantitative estimate of drug-likeness (QED) is 0.860. The summed E-state index contributed by atoms with van der Waals surface area (Å²) in [4.78, 5) is 4.62. The Hall–Kier alpha value is -1.22. The third kappa shape index (κ3) is 2.57. The lowest BCUT2D eigenvalue weighted by Crippen LogP contribution is -2.43. The molecule has 0 saturated carbocycles. The monoisotopic (exact) mass is 334 g/mol. The van der Waals surface area contributed by atoms with E-state index in [9.17, 15) is 5.26 Å². The van der Waals surface area contributed by atoms with Crippen LogP contribution in [0.15, 0.2) is 34.1 Å². The summed E-state index contributed by atoms with van der Waals surface area (Å²) >= 11 is 5.03. The van der Waals surface area contributed by atoms with E-state index in [1.54, 1.807) is 11.3 Å². The molecule has 0 spiro atoms. The fourth-order valence-corrected chi connectivity index (χ4v) is 3.20. The number of nitriles is 1. The molecule has 3 nitrogen and oxygen atoms in total. The predicted octanol–water partition coefficient (Wildman–Crippen LogP) is 3.66. The van der Waals surface area contributed by atoms with Gasteiger partial charge in [-0.2, -0.15) is 5.26 Å². The number of hydrogen-bond donors (Lipinski definition) is 0. The summed E-state index contributed by atoms with van der Waals surface area (Å²) in [6, 6.07) is 10.4. The van der Waals surface area contributed by atoms with E-state index in [1.165, 1.54) is 0 Å². The number of rotatable bonds is 3. The highest BCUT2D eigenvalue weighted by Gasteiger charge is 2.39. The number of aromatic nitrogens is 1. The van der Waals surface area contributed by atoms with Gasteiger partial charge in [-0.05, 0) is 12.1 Å². The first-order chi connectivity index (χ1) is 9.21. The molecule has 96 valence electrons. The lowest BCUT2D eigenvalue weighted by atomic mass is 9.84. The molecule has 0 radical (unpaired) electrons. The van der Waals surface area contributed by atoms with Gasteiger partial charge in [-0.15, -0.1) is 11.3 Å². The molecule has 2 heterocycles. The van der Waals surface area contributed by atoms with Crippen molar-refractivity contribution in [2.75, 3.05) is 13.2 Å². The Morgan fingerprint density at radius 1 is 1.37 bits per heavy atom. The molecular weight excluding hydrogens is 324 g/mol. The summed E-state index contributed by atoms with van der Waals surface area (Å²) in [6.45, 7) is 1.05. The lowest BCUT2D eigenvalue weighted by molar-refractivity contribution is -0.0765. The Morgan fingerprint density at radius 3 is 2.68 bits per heavy atom. The molecule has 3 rings (SSSR count). The van der Waals surface area contributed by atoms with E-state index < -0.39 is 0 Å². The average Bonchev–Trinajstić information content (AvgIpc) is 2.83. The summed E-state index contributed by atoms with van der Waals surface area (Å²) in [6.07, 6.45) is 0.685. The van der Waals surface area contributed by atoms with Crippen molar-refractivity contribution in [1.29, 1.82) is 5.26 Å². The van der Waals surface area contributed by atoms with E-state index >= 15 is 0 Å². The number of benzene rings is 1. The van der Waals surface area contributed by atoms with Gasteiger partial charge in [0, 0.05) is 21.8 Å². The number of thiazole rings is 1. The van der Waals surface area contributed by atoms with Crippen molar-refractivity contribution in [1.82, 2.24) is 4.98 Å². The fourth-order valence-electron chi connectivity index (χ4n) is 1.99. The van der Waals surface area contributed by atoms with Gasteiger partial charge < -0.3 is 4.74 Å².